The number of piperazine rings is 1. The molecule has 2 aromatic carbocycles. The molecule has 0 unspecified atom stereocenters. The number of anilines is 1. The van der Waals surface area contributed by atoms with Crippen molar-refractivity contribution in [2.45, 2.75) is 13.8 Å². The van der Waals surface area contributed by atoms with Gasteiger partial charge in [0.15, 0.2) is 0 Å². The number of hydrogen-bond acceptors (Lipinski definition) is 3. The number of methoxy groups -OCH3 is 1. The first kappa shape index (κ1) is 17.5. The van der Waals surface area contributed by atoms with Crippen molar-refractivity contribution in [2.75, 3.05) is 38.2 Å². The fourth-order valence-electron chi connectivity index (χ4n) is 3.75. The zero-order chi connectivity index (χ0) is 19.0. The Morgan fingerprint density at radius 2 is 1.81 bits per heavy atom. The largest absolute Gasteiger partial charge is 0.497 e. The van der Waals surface area contributed by atoms with Crippen LogP contribution in [0.25, 0.3) is 10.9 Å². The number of benzene rings is 2. The third kappa shape index (κ3) is 3.25. The zero-order valence-electron chi connectivity index (χ0n) is 16.1. The number of carbonyl (C=O) groups is 1. The number of aromatic nitrogens is 1. The van der Waals surface area contributed by atoms with Crippen molar-refractivity contribution in [3.63, 3.8) is 0 Å². The van der Waals surface area contributed by atoms with Gasteiger partial charge in [0.1, 0.15) is 11.4 Å². The molecule has 1 amide bonds. The third-order valence-corrected chi connectivity index (χ3v) is 5.54. The van der Waals surface area contributed by atoms with Gasteiger partial charge in [-0.3, -0.25) is 4.79 Å². The molecule has 4 rings (SSSR count). The van der Waals surface area contributed by atoms with Gasteiger partial charge < -0.3 is 19.5 Å². The number of aromatic amines is 1. The topological polar surface area (TPSA) is 48.6 Å². The summed E-state index contributed by atoms with van der Waals surface area (Å²) >= 11 is 0. The summed E-state index contributed by atoms with van der Waals surface area (Å²) in [7, 11) is 1.64. The molecule has 0 aliphatic carbocycles. The number of rotatable bonds is 3. The molecule has 1 aliphatic heterocycles. The third-order valence-electron chi connectivity index (χ3n) is 5.54. The molecule has 1 N–H and O–H groups in total. The number of amides is 1. The number of H-pyrrole nitrogens is 1. The lowest BCUT2D eigenvalue weighted by molar-refractivity contribution is 0.0742. The van der Waals surface area contributed by atoms with Crippen molar-refractivity contribution in [1.29, 1.82) is 0 Å². The fraction of sp³-hybridized carbons (Fsp3) is 0.318. The lowest BCUT2D eigenvalue weighted by Crippen LogP contribution is -2.49. The minimum atomic E-state index is 0.0609. The summed E-state index contributed by atoms with van der Waals surface area (Å²) in [6, 6.07) is 14.1. The van der Waals surface area contributed by atoms with Crippen LogP contribution >= 0.6 is 0 Å². The minimum absolute atomic E-state index is 0.0609. The van der Waals surface area contributed by atoms with Gasteiger partial charge in [-0.05, 0) is 49.2 Å². The van der Waals surface area contributed by atoms with Gasteiger partial charge in [0.05, 0.1) is 7.11 Å². The summed E-state index contributed by atoms with van der Waals surface area (Å²) in [6.45, 7) is 7.47. The molecular weight excluding hydrogens is 338 g/mol. The Balaban J connectivity index is 1.48. The molecular formula is C22H25N3O2. The first-order valence-corrected chi connectivity index (χ1v) is 9.34. The Morgan fingerprint density at radius 1 is 1.04 bits per heavy atom. The van der Waals surface area contributed by atoms with Crippen LogP contribution in [0.4, 0.5) is 5.69 Å². The van der Waals surface area contributed by atoms with E-state index in [1.165, 1.54) is 16.8 Å². The lowest BCUT2D eigenvalue weighted by atomic mass is 10.1. The van der Waals surface area contributed by atoms with E-state index < -0.39 is 0 Å². The highest BCUT2D eigenvalue weighted by Crippen LogP contribution is 2.25. The van der Waals surface area contributed by atoms with Gasteiger partial charge in [-0.1, -0.05) is 12.1 Å². The van der Waals surface area contributed by atoms with E-state index in [1.807, 2.05) is 29.2 Å². The molecule has 1 aromatic heterocycles. The number of ether oxygens (including phenoxy) is 1. The predicted molar refractivity (Wildman–Crippen MR) is 109 cm³/mol. The standard InChI is InChI=1S/C22H25N3O2/c1-15-5-4-6-21(16(15)2)24-9-11-25(12-10-24)22(26)20-13-17-7-8-18(27-3)14-19(17)23-20/h4-8,13-14,23H,9-12H2,1-3H3. The van der Waals surface area contributed by atoms with E-state index in [9.17, 15) is 4.79 Å². The molecule has 0 bridgehead atoms. The maximum atomic E-state index is 12.9. The number of aryl methyl sites for hydroxylation is 1. The molecule has 0 atom stereocenters. The van der Waals surface area contributed by atoms with Crippen molar-refractivity contribution in [2.24, 2.45) is 0 Å². The molecule has 27 heavy (non-hydrogen) atoms. The molecule has 5 nitrogen and oxygen atoms in total. The van der Waals surface area contributed by atoms with Crippen LogP contribution in [0.3, 0.4) is 0 Å². The number of fused-ring (bicyclic) bond motifs is 1. The van der Waals surface area contributed by atoms with E-state index in [1.54, 1.807) is 7.11 Å². The van der Waals surface area contributed by atoms with Gasteiger partial charge in [-0.15, -0.1) is 0 Å². The van der Waals surface area contributed by atoms with Gasteiger partial charge in [0.25, 0.3) is 5.91 Å². The molecule has 1 fully saturated rings. The van der Waals surface area contributed by atoms with Crippen molar-refractivity contribution in [1.82, 2.24) is 9.88 Å². The van der Waals surface area contributed by atoms with Crippen LogP contribution in [0, 0.1) is 13.8 Å². The lowest BCUT2D eigenvalue weighted by Gasteiger charge is -2.36. The van der Waals surface area contributed by atoms with E-state index >= 15 is 0 Å². The Labute approximate surface area is 159 Å². The molecule has 140 valence electrons. The zero-order valence-corrected chi connectivity index (χ0v) is 16.1. The maximum Gasteiger partial charge on any atom is 0.270 e. The number of nitrogens with one attached hydrogen (secondary N) is 1. The van der Waals surface area contributed by atoms with Gasteiger partial charge >= 0.3 is 0 Å². The highest BCUT2D eigenvalue weighted by molar-refractivity contribution is 5.98. The maximum absolute atomic E-state index is 12.9. The van der Waals surface area contributed by atoms with Crippen LogP contribution in [0.2, 0.25) is 0 Å². The molecule has 0 spiro atoms. The first-order chi connectivity index (χ1) is 13.1. The Hall–Kier alpha value is -2.95. The van der Waals surface area contributed by atoms with Crippen LogP contribution < -0.4 is 9.64 Å². The molecule has 1 aliphatic rings. The molecule has 3 aromatic rings. The summed E-state index contributed by atoms with van der Waals surface area (Å²) < 4.78 is 5.26. The molecule has 2 heterocycles. The van der Waals surface area contributed by atoms with Gasteiger partial charge in [-0.2, -0.15) is 0 Å². The van der Waals surface area contributed by atoms with Crippen LogP contribution in [0.15, 0.2) is 42.5 Å². The summed E-state index contributed by atoms with van der Waals surface area (Å²) in [4.78, 5) is 20.5. The first-order valence-electron chi connectivity index (χ1n) is 9.34. The Bertz CT molecular complexity index is 984. The average molecular weight is 363 g/mol. The second-order valence-electron chi connectivity index (χ2n) is 7.13. The monoisotopic (exact) mass is 363 g/mol. The summed E-state index contributed by atoms with van der Waals surface area (Å²) in [5.41, 5.74) is 5.46. The van der Waals surface area contributed by atoms with E-state index in [-0.39, 0.29) is 5.91 Å². The number of nitrogens with zero attached hydrogens (tertiary/aromatic N) is 2. The van der Waals surface area contributed by atoms with Crippen molar-refractivity contribution in [3.05, 3.63) is 59.3 Å². The van der Waals surface area contributed by atoms with Crippen molar-refractivity contribution >= 4 is 22.5 Å². The van der Waals surface area contributed by atoms with Gasteiger partial charge in [0, 0.05) is 48.8 Å². The van der Waals surface area contributed by atoms with E-state index in [2.05, 4.69) is 41.9 Å². The van der Waals surface area contributed by atoms with Crippen molar-refractivity contribution < 1.29 is 9.53 Å². The van der Waals surface area contributed by atoms with Gasteiger partial charge in [0.2, 0.25) is 0 Å². The van der Waals surface area contributed by atoms with Crippen LogP contribution in [0.1, 0.15) is 21.6 Å². The summed E-state index contributed by atoms with van der Waals surface area (Å²) in [5, 5.41) is 1.02. The van der Waals surface area contributed by atoms with Crippen LogP contribution in [-0.4, -0.2) is 49.1 Å². The number of carbonyl (C=O) groups excluding carboxylic acids is 1. The highest BCUT2D eigenvalue weighted by Gasteiger charge is 2.24. The smallest absolute Gasteiger partial charge is 0.270 e. The summed E-state index contributed by atoms with van der Waals surface area (Å²) in [6.07, 6.45) is 0. The average Bonchev–Trinajstić information content (AvgIpc) is 3.13. The fourth-order valence-corrected chi connectivity index (χ4v) is 3.75. The van der Waals surface area contributed by atoms with E-state index in [4.69, 9.17) is 4.74 Å². The highest BCUT2D eigenvalue weighted by atomic mass is 16.5. The van der Waals surface area contributed by atoms with E-state index in [0.29, 0.717) is 5.69 Å². The van der Waals surface area contributed by atoms with Crippen molar-refractivity contribution in [3.8, 4) is 5.75 Å². The SMILES string of the molecule is COc1ccc2cc(C(=O)N3CCN(c4cccc(C)c4C)CC3)[nH]c2c1. The number of hydrogen-bond donors (Lipinski definition) is 1. The van der Waals surface area contributed by atoms with E-state index in [0.717, 1.165) is 42.8 Å². The molecule has 0 radical (unpaired) electrons. The normalized spacial score (nSPS) is 14.6. The quantitative estimate of drug-likeness (QED) is 0.771. The molecule has 5 heteroatoms. The molecule has 0 saturated carbocycles. The second kappa shape index (κ2) is 6.99. The second-order valence-corrected chi connectivity index (χ2v) is 7.13. The molecule has 1 saturated heterocycles. The predicted octanol–water partition coefficient (Wildman–Crippen LogP) is 3.76. The van der Waals surface area contributed by atoms with Gasteiger partial charge in [-0.25, -0.2) is 0 Å². The van der Waals surface area contributed by atoms with Crippen LogP contribution in [-0.2, 0) is 0 Å². The Morgan fingerprint density at radius 3 is 2.56 bits per heavy atom. The van der Waals surface area contributed by atoms with Crippen LogP contribution in [0.5, 0.6) is 5.75 Å². The summed E-state index contributed by atoms with van der Waals surface area (Å²) in [5.74, 6) is 0.844. The Kier molecular flexibility index (Phi) is 4.52. The minimum Gasteiger partial charge on any atom is -0.497 e.